The van der Waals surface area contributed by atoms with E-state index in [0.29, 0.717) is 12.4 Å². The number of benzene rings is 2. The highest BCUT2D eigenvalue weighted by molar-refractivity contribution is 5.87. The average molecular weight is 368 g/mol. The highest BCUT2D eigenvalue weighted by atomic mass is 16.5. The van der Waals surface area contributed by atoms with E-state index in [2.05, 4.69) is 10.3 Å². The zero-order chi connectivity index (χ0) is 18.9. The van der Waals surface area contributed by atoms with Gasteiger partial charge in [-0.15, -0.1) is 0 Å². The van der Waals surface area contributed by atoms with Crippen LogP contribution in [-0.2, 0) is 6.42 Å². The Labute approximate surface area is 158 Å². The van der Waals surface area contributed by atoms with Crippen LogP contribution in [0.4, 0.5) is 0 Å². The molecule has 0 unspecified atom stereocenters. The Morgan fingerprint density at radius 2 is 1.81 bits per heavy atom. The van der Waals surface area contributed by atoms with Crippen molar-refractivity contribution in [1.82, 2.24) is 10.3 Å². The zero-order valence-electron chi connectivity index (χ0n) is 15.2. The topological polar surface area (TPSA) is 84.6 Å². The van der Waals surface area contributed by atoms with E-state index in [0.717, 1.165) is 55.8 Å². The predicted molar refractivity (Wildman–Crippen MR) is 103 cm³/mol. The molecule has 0 amide bonds. The molecule has 6 heteroatoms. The third kappa shape index (κ3) is 5.82. The third-order valence-corrected chi connectivity index (χ3v) is 4.20. The van der Waals surface area contributed by atoms with Gasteiger partial charge in [-0.25, -0.2) is 9.78 Å². The second kappa shape index (κ2) is 9.73. The first-order chi connectivity index (χ1) is 13.2. The van der Waals surface area contributed by atoms with Crippen molar-refractivity contribution in [3.8, 4) is 5.75 Å². The summed E-state index contributed by atoms with van der Waals surface area (Å²) < 4.78 is 11.3. The number of hydrogen-bond acceptors (Lipinski definition) is 5. The van der Waals surface area contributed by atoms with Gasteiger partial charge in [-0.2, -0.15) is 0 Å². The number of hydrogen-bond donors (Lipinski definition) is 2. The van der Waals surface area contributed by atoms with Gasteiger partial charge in [-0.05, 0) is 68.8 Å². The average Bonchev–Trinajstić information content (AvgIpc) is 3.10. The van der Waals surface area contributed by atoms with Crippen LogP contribution in [0.2, 0.25) is 0 Å². The summed E-state index contributed by atoms with van der Waals surface area (Å²) >= 11 is 0. The van der Waals surface area contributed by atoms with Crippen LogP contribution in [0.1, 0.15) is 35.5 Å². The quantitative estimate of drug-likeness (QED) is 0.499. The van der Waals surface area contributed by atoms with Gasteiger partial charge in [-0.1, -0.05) is 12.1 Å². The lowest BCUT2D eigenvalue weighted by molar-refractivity contribution is 0.0697. The molecule has 0 bridgehead atoms. The third-order valence-electron chi connectivity index (χ3n) is 4.20. The van der Waals surface area contributed by atoms with Crippen molar-refractivity contribution in [3.63, 3.8) is 0 Å². The second-order valence-electron chi connectivity index (χ2n) is 6.31. The molecule has 0 saturated heterocycles. The Bertz CT molecular complexity index is 825. The molecule has 3 aromatic rings. The highest BCUT2D eigenvalue weighted by Crippen LogP contribution is 2.15. The zero-order valence-corrected chi connectivity index (χ0v) is 15.2. The number of fused-ring (bicyclic) bond motifs is 1. The summed E-state index contributed by atoms with van der Waals surface area (Å²) in [6.45, 7) is 2.49. The summed E-state index contributed by atoms with van der Waals surface area (Å²) in [6, 6.07) is 14.3. The minimum Gasteiger partial charge on any atom is -0.494 e. The molecule has 27 heavy (non-hydrogen) atoms. The summed E-state index contributed by atoms with van der Waals surface area (Å²) in [5.41, 5.74) is 2.03. The molecule has 2 N–H and O–H groups in total. The number of oxazole rings is 1. The summed E-state index contributed by atoms with van der Waals surface area (Å²) in [7, 11) is 0. The first kappa shape index (κ1) is 18.9. The highest BCUT2D eigenvalue weighted by Gasteiger charge is 2.04. The number of carboxylic acid groups (broad SMARTS) is 1. The maximum atomic E-state index is 10.8. The van der Waals surface area contributed by atoms with Gasteiger partial charge >= 0.3 is 5.97 Å². The van der Waals surface area contributed by atoms with E-state index >= 15 is 0 Å². The summed E-state index contributed by atoms with van der Waals surface area (Å²) in [5, 5.41) is 12.3. The van der Waals surface area contributed by atoms with Crippen LogP contribution in [0.3, 0.4) is 0 Å². The van der Waals surface area contributed by atoms with Gasteiger partial charge in [0, 0.05) is 6.42 Å². The normalized spacial score (nSPS) is 11.0. The van der Waals surface area contributed by atoms with E-state index in [4.69, 9.17) is 14.3 Å². The molecule has 0 fully saturated rings. The minimum atomic E-state index is -0.927. The van der Waals surface area contributed by atoms with Crippen molar-refractivity contribution < 1.29 is 19.1 Å². The van der Waals surface area contributed by atoms with Gasteiger partial charge in [0.15, 0.2) is 11.5 Å². The lowest BCUT2D eigenvalue weighted by Gasteiger charge is -2.07. The van der Waals surface area contributed by atoms with Crippen LogP contribution in [-0.4, -0.2) is 35.8 Å². The van der Waals surface area contributed by atoms with E-state index in [1.165, 1.54) is 0 Å². The molecule has 0 aliphatic heterocycles. The first-order valence-electron chi connectivity index (χ1n) is 9.24. The smallest absolute Gasteiger partial charge is 0.335 e. The Morgan fingerprint density at radius 3 is 2.59 bits per heavy atom. The number of aromatic carboxylic acids is 1. The summed E-state index contributed by atoms with van der Waals surface area (Å²) in [4.78, 5) is 15.3. The van der Waals surface area contributed by atoms with Crippen LogP contribution in [0, 0.1) is 0 Å². The van der Waals surface area contributed by atoms with Crippen molar-refractivity contribution in [3.05, 3.63) is 60.0 Å². The van der Waals surface area contributed by atoms with Gasteiger partial charge in [0.05, 0.1) is 12.2 Å². The van der Waals surface area contributed by atoms with Crippen LogP contribution < -0.4 is 10.1 Å². The number of carbonyl (C=O) groups is 1. The molecule has 142 valence electrons. The lowest BCUT2D eigenvalue weighted by atomic mass is 10.2. The van der Waals surface area contributed by atoms with Gasteiger partial charge in [0.1, 0.15) is 11.3 Å². The van der Waals surface area contributed by atoms with E-state index in [1.807, 2.05) is 24.3 Å². The van der Waals surface area contributed by atoms with E-state index in [-0.39, 0.29) is 5.56 Å². The van der Waals surface area contributed by atoms with Gasteiger partial charge in [-0.3, -0.25) is 0 Å². The summed E-state index contributed by atoms with van der Waals surface area (Å²) in [5.74, 6) is 0.565. The number of rotatable bonds is 11. The Kier molecular flexibility index (Phi) is 6.82. The molecule has 0 atom stereocenters. The number of aromatic nitrogens is 1. The first-order valence-corrected chi connectivity index (χ1v) is 9.24. The molecule has 1 heterocycles. The molecule has 0 aliphatic carbocycles. The maximum Gasteiger partial charge on any atom is 0.335 e. The van der Waals surface area contributed by atoms with Crippen molar-refractivity contribution in [2.45, 2.75) is 25.7 Å². The predicted octanol–water partition coefficient (Wildman–Crippen LogP) is 3.91. The van der Waals surface area contributed by atoms with E-state index in [1.54, 1.807) is 24.3 Å². The number of carboxylic acids is 1. The largest absolute Gasteiger partial charge is 0.494 e. The van der Waals surface area contributed by atoms with E-state index in [9.17, 15) is 4.79 Å². The molecular weight excluding hydrogens is 344 g/mol. The Morgan fingerprint density at radius 1 is 1.04 bits per heavy atom. The monoisotopic (exact) mass is 368 g/mol. The van der Waals surface area contributed by atoms with Crippen LogP contribution in [0.15, 0.2) is 52.9 Å². The molecule has 0 radical (unpaired) electrons. The standard InChI is InChI=1S/C21H24N2O4/c24-21(25)16-9-11-17(12-10-16)26-15-4-3-13-22-14-5-8-20-23-18-6-1-2-7-19(18)27-20/h1-2,6-7,9-12,22H,3-5,8,13-15H2,(H,24,25). The molecule has 3 rings (SSSR count). The SMILES string of the molecule is O=C(O)c1ccc(OCCCCNCCCc2nc3ccccc3o2)cc1. The number of unbranched alkanes of at least 4 members (excludes halogenated alkanes) is 1. The molecule has 6 nitrogen and oxygen atoms in total. The number of nitrogens with zero attached hydrogens (tertiary/aromatic N) is 1. The fraction of sp³-hybridized carbons (Fsp3) is 0.333. The maximum absolute atomic E-state index is 10.8. The lowest BCUT2D eigenvalue weighted by Crippen LogP contribution is -2.17. The molecular formula is C21H24N2O4. The molecule has 2 aromatic carbocycles. The molecule has 0 aliphatic rings. The van der Waals surface area contributed by atoms with Crippen molar-refractivity contribution >= 4 is 17.1 Å². The fourth-order valence-corrected chi connectivity index (χ4v) is 2.75. The fourth-order valence-electron chi connectivity index (χ4n) is 2.75. The molecule has 0 saturated carbocycles. The number of aryl methyl sites for hydroxylation is 1. The van der Waals surface area contributed by atoms with Gasteiger partial charge in [0.2, 0.25) is 0 Å². The molecule has 0 spiro atoms. The van der Waals surface area contributed by atoms with Gasteiger partial charge in [0.25, 0.3) is 0 Å². The van der Waals surface area contributed by atoms with Crippen LogP contribution >= 0.6 is 0 Å². The Balaban J connectivity index is 1.22. The minimum absolute atomic E-state index is 0.268. The molecule has 1 aromatic heterocycles. The number of nitrogens with one attached hydrogen (secondary N) is 1. The van der Waals surface area contributed by atoms with Crippen molar-refractivity contribution in [1.29, 1.82) is 0 Å². The van der Waals surface area contributed by atoms with Crippen LogP contribution in [0.5, 0.6) is 5.75 Å². The summed E-state index contributed by atoms with van der Waals surface area (Å²) in [6.07, 6.45) is 3.78. The Hall–Kier alpha value is -2.86. The second-order valence-corrected chi connectivity index (χ2v) is 6.31. The van der Waals surface area contributed by atoms with Gasteiger partial charge < -0.3 is 19.6 Å². The van der Waals surface area contributed by atoms with E-state index < -0.39 is 5.97 Å². The van der Waals surface area contributed by atoms with Crippen molar-refractivity contribution in [2.24, 2.45) is 0 Å². The van der Waals surface area contributed by atoms with Crippen molar-refractivity contribution in [2.75, 3.05) is 19.7 Å². The van der Waals surface area contributed by atoms with Crippen LogP contribution in [0.25, 0.3) is 11.1 Å². The number of para-hydroxylation sites is 2. The number of ether oxygens (including phenoxy) is 1.